The van der Waals surface area contributed by atoms with Gasteiger partial charge in [-0.15, -0.1) is 0 Å². The highest BCUT2D eigenvalue weighted by molar-refractivity contribution is 7.15. The van der Waals surface area contributed by atoms with Gasteiger partial charge in [0.1, 0.15) is 0 Å². The van der Waals surface area contributed by atoms with Crippen molar-refractivity contribution in [2.24, 2.45) is 0 Å². The van der Waals surface area contributed by atoms with Gasteiger partial charge in [0.25, 0.3) is 0 Å². The number of aliphatic hydroxyl groups excluding tert-OH is 1. The molecule has 0 aliphatic heterocycles. The predicted octanol–water partition coefficient (Wildman–Crippen LogP) is 2.96. The maximum Gasteiger partial charge on any atom is 0.189 e. The van der Waals surface area contributed by atoms with E-state index in [0.29, 0.717) is 0 Å². The number of rotatable bonds is 3. The van der Waals surface area contributed by atoms with Gasteiger partial charge in [0.15, 0.2) is 5.13 Å². The summed E-state index contributed by atoms with van der Waals surface area (Å²) in [5.41, 5.74) is 1.09. The molecule has 1 unspecified atom stereocenters. The van der Waals surface area contributed by atoms with Crippen LogP contribution in [0.1, 0.15) is 17.9 Å². The van der Waals surface area contributed by atoms with Crippen molar-refractivity contribution in [3.8, 4) is 0 Å². The smallest absolute Gasteiger partial charge is 0.189 e. The van der Waals surface area contributed by atoms with E-state index in [-0.39, 0.29) is 0 Å². The van der Waals surface area contributed by atoms with E-state index >= 15 is 0 Å². The van der Waals surface area contributed by atoms with E-state index in [1.54, 1.807) is 13.1 Å². The number of para-hydroxylation sites is 1. The fraction of sp³-hybridized carbons (Fsp3) is 0.250. The van der Waals surface area contributed by atoms with E-state index in [4.69, 9.17) is 0 Å². The van der Waals surface area contributed by atoms with Gasteiger partial charge in [0, 0.05) is 18.9 Å². The molecule has 3 nitrogen and oxygen atoms in total. The topological polar surface area (TPSA) is 36.4 Å². The Labute approximate surface area is 99.0 Å². The average Bonchev–Trinajstić information content (AvgIpc) is 2.78. The molecule has 2 rings (SSSR count). The van der Waals surface area contributed by atoms with E-state index in [9.17, 15) is 5.11 Å². The summed E-state index contributed by atoms with van der Waals surface area (Å²) in [6, 6.07) is 10.0. The monoisotopic (exact) mass is 234 g/mol. The maximum absolute atomic E-state index is 9.44. The van der Waals surface area contributed by atoms with Gasteiger partial charge in [-0.3, -0.25) is 0 Å². The van der Waals surface area contributed by atoms with Crippen LogP contribution in [0.25, 0.3) is 0 Å². The summed E-state index contributed by atoms with van der Waals surface area (Å²) in [5, 5.41) is 10.3. The van der Waals surface area contributed by atoms with Crippen molar-refractivity contribution in [1.82, 2.24) is 4.98 Å². The zero-order valence-electron chi connectivity index (χ0n) is 9.29. The predicted molar refractivity (Wildman–Crippen MR) is 67.3 cm³/mol. The third-order valence-electron chi connectivity index (χ3n) is 2.35. The second-order valence-corrected chi connectivity index (χ2v) is 4.66. The summed E-state index contributed by atoms with van der Waals surface area (Å²) in [7, 11) is 1.97. The Kier molecular flexibility index (Phi) is 3.22. The third-order valence-corrected chi connectivity index (χ3v) is 3.60. The average molecular weight is 234 g/mol. The first kappa shape index (κ1) is 11.1. The molecule has 16 heavy (non-hydrogen) atoms. The van der Waals surface area contributed by atoms with Crippen molar-refractivity contribution >= 4 is 22.2 Å². The summed E-state index contributed by atoms with van der Waals surface area (Å²) in [5.74, 6) is 0. The van der Waals surface area contributed by atoms with Crippen molar-refractivity contribution in [3.05, 3.63) is 41.4 Å². The molecular weight excluding hydrogens is 220 g/mol. The van der Waals surface area contributed by atoms with E-state index in [2.05, 4.69) is 4.98 Å². The highest BCUT2D eigenvalue weighted by Crippen LogP contribution is 2.30. The SMILES string of the molecule is CC(O)c1cnc(N(C)c2ccccc2)s1. The van der Waals surface area contributed by atoms with E-state index in [0.717, 1.165) is 15.7 Å². The third kappa shape index (κ3) is 2.23. The zero-order chi connectivity index (χ0) is 11.5. The molecular formula is C12H14N2OS. The summed E-state index contributed by atoms with van der Waals surface area (Å²) >= 11 is 1.51. The minimum absolute atomic E-state index is 0.449. The lowest BCUT2D eigenvalue weighted by molar-refractivity contribution is 0.203. The molecule has 0 amide bonds. The van der Waals surface area contributed by atoms with Gasteiger partial charge >= 0.3 is 0 Å². The summed E-state index contributed by atoms with van der Waals surface area (Å²) in [4.78, 5) is 7.20. The lowest BCUT2D eigenvalue weighted by Crippen LogP contribution is -2.08. The molecule has 1 aromatic carbocycles. The highest BCUT2D eigenvalue weighted by Gasteiger charge is 2.11. The van der Waals surface area contributed by atoms with Crippen LogP contribution in [0, 0.1) is 0 Å². The molecule has 0 bridgehead atoms. The van der Waals surface area contributed by atoms with Crippen molar-refractivity contribution in [3.63, 3.8) is 0 Å². The summed E-state index contributed by atoms with van der Waals surface area (Å²) in [6.07, 6.45) is 1.28. The lowest BCUT2D eigenvalue weighted by atomic mass is 10.3. The largest absolute Gasteiger partial charge is 0.388 e. The Bertz CT molecular complexity index is 453. The number of hydrogen-bond donors (Lipinski definition) is 1. The molecule has 84 valence electrons. The number of benzene rings is 1. The zero-order valence-corrected chi connectivity index (χ0v) is 10.1. The van der Waals surface area contributed by atoms with Gasteiger partial charge in [-0.25, -0.2) is 4.98 Å². The molecule has 0 aliphatic carbocycles. The molecule has 0 saturated heterocycles. The van der Waals surface area contributed by atoms with E-state index in [1.807, 2.05) is 42.3 Å². The number of aromatic nitrogens is 1. The molecule has 4 heteroatoms. The first-order valence-corrected chi connectivity index (χ1v) is 5.92. The van der Waals surface area contributed by atoms with Crippen molar-refractivity contribution in [2.45, 2.75) is 13.0 Å². The molecule has 0 radical (unpaired) electrons. The molecule has 1 aromatic heterocycles. The standard InChI is InChI=1S/C12H14N2OS/c1-9(15)11-8-13-12(16-11)14(2)10-6-4-3-5-7-10/h3-9,15H,1-2H3. The van der Waals surface area contributed by atoms with Crippen LogP contribution < -0.4 is 4.90 Å². The normalized spacial score (nSPS) is 12.4. The number of nitrogens with zero attached hydrogens (tertiary/aromatic N) is 2. The number of thiazole rings is 1. The Hall–Kier alpha value is -1.39. The van der Waals surface area contributed by atoms with Crippen LogP contribution in [0.5, 0.6) is 0 Å². The van der Waals surface area contributed by atoms with Crippen LogP contribution >= 0.6 is 11.3 Å². The van der Waals surface area contributed by atoms with Gasteiger partial charge in [-0.2, -0.15) is 0 Å². The van der Waals surface area contributed by atoms with Crippen LogP contribution in [0.4, 0.5) is 10.8 Å². The van der Waals surface area contributed by atoms with Crippen molar-refractivity contribution < 1.29 is 5.11 Å². The van der Waals surface area contributed by atoms with Gasteiger partial charge in [-0.1, -0.05) is 29.5 Å². The fourth-order valence-electron chi connectivity index (χ4n) is 1.39. The fourth-order valence-corrected chi connectivity index (χ4v) is 2.22. The minimum Gasteiger partial charge on any atom is -0.388 e. The van der Waals surface area contributed by atoms with Crippen LogP contribution in [-0.2, 0) is 0 Å². The molecule has 0 aliphatic rings. The first-order valence-electron chi connectivity index (χ1n) is 5.11. The first-order chi connectivity index (χ1) is 7.68. The second kappa shape index (κ2) is 4.63. The van der Waals surface area contributed by atoms with Crippen molar-refractivity contribution in [1.29, 1.82) is 0 Å². The van der Waals surface area contributed by atoms with Crippen LogP contribution in [0.15, 0.2) is 36.5 Å². The molecule has 2 aromatic rings. The Balaban J connectivity index is 2.24. The molecule has 1 N–H and O–H groups in total. The number of aliphatic hydroxyl groups is 1. The van der Waals surface area contributed by atoms with Crippen molar-refractivity contribution in [2.75, 3.05) is 11.9 Å². The van der Waals surface area contributed by atoms with Crippen LogP contribution in [0.2, 0.25) is 0 Å². The lowest BCUT2D eigenvalue weighted by Gasteiger charge is -2.15. The summed E-state index contributed by atoms with van der Waals surface area (Å²) in [6.45, 7) is 1.75. The minimum atomic E-state index is -0.449. The molecule has 1 heterocycles. The van der Waals surface area contributed by atoms with Gasteiger partial charge in [-0.05, 0) is 19.1 Å². The molecule has 0 fully saturated rings. The summed E-state index contributed by atoms with van der Waals surface area (Å²) < 4.78 is 0. The van der Waals surface area contributed by atoms with Gasteiger partial charge in [0.2, 0.25) is 0 Å². The van der Waals surface area contributed by atoms with E-state index in [1.165, 1.54) is 11.3 Å². The van der Waals surface area contributed by atoms with Crippen LogP contribution in [-0.4, -0.2) is 17.1 Å². The van der Waals surface area contributed by atoms with Gasteiger partial charge < -0.3 is 10.0 Å². The number of anilines is 2. The Morgan fingerprint density at radius 2 is 2.00 bits per heavy atom. The molecule has 0 saturated carbocycles. The van der Waals surface area contributed by atoms with E-state index < -0.39 is 6.10 Å². The molecule has 0 spiro atoms. The molecule has 1 atom stereocenters. The Morgan fingerprint density at radius 1 is 1.31 bits per heavy atom. The maximum atomic E-state index is 9.44. The van der Waals surface area contributed by atoms with Crippen LogP contribution in [0.3, 0.4) is 0 Å². The Morgan fingerprint density at radius 3 is 2.56 bits per heavy atom. The highest BCUT2D eigenvalue weighted by atomic mass is 32.1. The van der Waals surface area contributed by atoms with Gasteiger partial charge in [0.05, 0.1) is 11.0 Å². The second-order valence-electron chi connectivity index (χ2n) is 3.62. The quantitative estimate of drug-likeness (QED) is 0.887. The number of hydrogen-bond acceptors (Lipinski definition) is 4.